The van der Waals surface area contributed by atoms with Gasteiger partial charge in [-0.15, -0.1) is 0 Å². The highest BCUT2D eigenvalue weighted by Crippen LogP contribution is 2.20. The minimum absolute atomic E-state index is 0.101. The van der Waals surface area contributed by atoms with E-state index >= 15 is 0 Å². The maximum atomic E-state index is 5.83. The number of rotatable bonds is 6. The highest BCUT2D eigenvalue weighted by atomic mass is 16.5. The average molecular weight is 241 g/mol. The third kappa shape index (κ3) is 3.33. The Morgan fingerprint density at radius 1 is 1.11 bits per heavy atom. The van der Waals surface area contributed by atoms with E-state index in [1.165, 1.54) is 29.2 Å². The van der Waals surface area contributed by atoms with Gasteiger partial charge in [-0.2, -0.15) is 0 Å². The highest BCUT2D eigenvalue weighted by Gasteiger charge is 2.04. The fraction of sp³-hybridized carbons (Fsp3) is 0.353. The molecule has 0 saturated carbocycles. The molecule has 1 heteroatoms. The summed E-state index contributed by atoms with van der Waals surface area (Å²) in [7, 11) is 0. The minimum Gasteiger partial charge on any atom is -0.374 e. The fourth-order valence-electron chi connectivity index (χ4n) is 2.14. The molecule has 0 saturated heterocycles. The van der Waals surface area contributed by atoms with Gasteiger partial charge < -0.3 is 4.74 Å². The smallest absolute Gasteiger partial charge is 0.0726 e. The molecule has 0 amide bonds. The van der Waals surface area contributed by atoms with Crippen molar-refractivity contribution in [2.75, 3.05) is 0 Å². The number of hydrogen-bond donors (Lipinski definition) is 0. The topological polar surface area (TPSA) is 9.23 Å². The van der Waals surface area contributed by atoms with E-state index < -0.39 is 0 Å². The van der Waals surface area contributed by atoms with Gasteiger partial charge in [-0.3, -0.25) is 0 Å². The maximum absolute atomic E-state index is 5.83. The molecule has 95 valence electrons. The summed E-state index contributed by atoms with van der Waals surface area (Å²) in [5.74, 6) is 0. The van der Waals surface area contributed by atoms with Gasteiger partial charge in [0.2, 0.25) is 0 Å². The molecule has 0 heterocycles. The summed E-state index contributed by atoms with van der Waals surface area (Å²) in [6, 6.07) is 14.8. The normalized spacial score (nSPS) is 12.8. The predicted octanol–water partition coefficient (Wildman–Crippen LogP) is 4.75. The first-order valence-corrected chi connectivity index (χ1v) is 6.72. The van der Waals surface area contributed by atoms with E-state index in [0.717, 1.165) is 6.42 Å². The van der Waals surface area contributed by atoms with Crippen LogP contribution in [0.3, 0.4) is 0 Å². The molecule has 1 radical (unpaired) electrons. The summed E-state index contributed by atoms with van der Waals surface area (Å²) >= 11 is 0. The van der Waals surface area contributed by atoms with Crippen LogP contribution in [-0.4, -0.2) is 6.10 Å². The third-order valence-corrected chi connectivity index (χ3v) is 3.23. The van der Waals surface area contributed by atoms with E-state index in [4.69, 9.17) is 4.74 Å². The average Bonchev–Trinajstić information content (AvgIpc) is 2.42. The van der Waals surface area contributed by atoms with Gasteiger partial charge in [-0.25, -0.2) is 0 Å². The maximum Gasteiger partial charge on any atom is 0.0726 e. The van der Waals surface area contributed by atoms with Crippen LogP contribution in [-0.2, 0) is 11.3 Å². The second-order valence-corrected chi connectivity index (χ2v) is 4.71. The third-order valence-electron chi connectivity index (χ3n) is 3.23. The molecule has 2 rings (SSSR count). The van der Waals surface area contributed by atoms with Crippen LogP contribution >= 0.6 is 0 Å². The SMILES string of the molecule is [CH2]C(CCCC)OCc1cccc2ccccc12. The Balaban J connectivity index is 2.03. The largest absolute Gasteiger partial charge is 0.374 e. The van der Waals surface area contributed by atoms with Crippen molar-refractivity contribution in [1.82, 2.24) is 0 Å². The Labute approximate surface area is 110 Å². The Morgan fingerprint density at radius 2 is 1.89 bits per heavy atom. The fourth-order valence-corrected chi connectivity index (χ4v) is 2.14. The standard InChI is InChI=1S/C17H21O/c1-3-4-8-14(2)18-13-16-11-7-10-15-9-5-6-12-17(15)16/h5-7,9-12,14H,2-4,8,13H2,1H3. The van der Waals surface area contributed by atoms with E-state index in [2.05, 4.69) is 56.3 Å². The Bertz CT molecular complexity index is 484. The highest BCUT2D eigenvalue weighted by molar-refractivity contribution is 5.85. The molecule has 1 nitrogen and oxygen atoms in total. The number of unbranched alkanes of at least 4 members (excludes halogenated alkanes) is 1. The van der Waals surface area contributed by atoms with Crippen molar-refractivity contribution in [1.29, 1.82) is 0 Å². The van der Waals surface area contributed by atoms with E-state index in [9.17, 15) is 0 Å². The van der Waals surface area contributed by atoms with Crippen molar-refractivity contribution in [2.24, 2.45) is 0 Å². The van der Waals surface area contributed by atoms with Crippen LogP contribution in [0.2, 0.25) is 0 Å². The minimum atomic E-state index is 0.101. The van der Waals surface area contributed by atoms with Gasteiger partial charge in [-0.1, -0.05) is 62.2 Å². The zero-order valence-corrected chi connectivity index (χ0v) is 11.1. The Kier molecular flexibility index (Phi) is 4.77. The quantitative estimate of drug-likeness (QED) is 0.709. The van der Waals surface area contributed by atoms with E-state index in [1.54, 1.807) is 0 Å². The van der Waals surface area contributed by atoms with Crippen molar-refractivity contribution >= 4 is 10.8 Å². The van der Waals surface area contributed by atoms with Crippen LogP contribution in [0.25, 0.3) is 10.8 Å². The van der Waals surface area contributed by atoms with Crippen molar-refractivity contribution in [3.05, 3.63) is 55.0 Å². The van der Waals surface area contributed by atoms with E-state index in [1.807, 2.05) is 0 Å². The zero-order chi connectivity index (χ0) is 12.8. The molecule has 0 spiro atoms. The number of hydrogen-bond acceptors (Lipinski definition) is 1. The molecule has 18 heavy (non-hydrogen) atoms. The Morgan fingerprint density at radius 3 is 2.72 bits per heavy atom. The molecule has 2 aromatic rings. The molecule has 0 aliphatic heterocycles. The molecule has 1 atom stereocenters. The lowest BCUT2D eigenvalue weighted by Crippen LogP contribution is -2.08. The second kappa shape index (κ2) is 6.55. The van der Waals surface area contributed by atoms with Crippen LogP contribution in [0.15, 0.2) is 42.5 Å². The first-order valence-electron chi connectivity index (χ1n) is 6.72. The van der Waals surface area contributed by atoms with E-state index in [0.29, 0.717) is 6.61 Å². The molecule has 0 N–H and O–H groups in total. The van der Waals surface area contributed by atoms with Crippen molar-refractivity contribution in [3.8, 4) is 0 Å². The van der Waals surface area contributed by atoms with Gasteiger partial charge in [0, 0.05) is 0 Å². The molecule has 1 unspecified atom stereocenters. The van der Waals surface area contributed by atoms with Crippen LogP contribution in [0.5, 0.6) is 0 Å². The van der Waals surface area contributed by atoms with Gasteiger partial charge in [0.15, 0.2) is 0 Å². The van der Waals surface area contributed by atoms with Crippen LogP contribution in [0.1, 0.15) is 31.7 Å². The van der Waals surface area contributed by atoms with Crippen LogP contribution in [0.4, 0.5) is 0 Å². The summed E-state index contributed by atoms with van der Waals surface area (Å²) in [5.41, 5.74) is 1.25. The van der Waals surface area contributed by atoms with Gasteiger partial charge in [-0.05, 0) is 29.7 Å². The Hall–Kier alpha value is -1.34. The van der Waals surface area contributed by atoms with Crippen LogP contribution in [0, 0.1) is 6.92 Å². The summed E-state index contributed by atoms with van der Waals surface area (Å²) in [5, 5.41) is 2.55. The molecular formula is C17H21O. The molecule has 0 fully saturated rings. The second-order valence-electron chi connectivity index (χ2n) is 4.71. The number of ether oxygens (including phenoxy) is 1. The summed E-state index contributed by atoms with van der Waals surface area (Å²) < 4.78 is 5.83. The van der Waals surface area contributed by atoms with Gasteiger partial charge in [0.1, 0.15) is 0 Å². The molecule has 0 aromatic heterocycles. The predicted molar refractivity (Wildman–Crippen MR) is 77.4 cm³/mol. The molecular weight excluding hydrogens is 220 g/mol. The molecule has 0 aliphatic carbocycles. The van der Waals surface area contributed by atoms with Gasteiger partial charge in [0.25, 0.3) is 0 Å². The van der Waals surface area contributed by atoms with Gasteiger partial charge in [0.05, 0.1) is 12.7 Å². The summed E-state index contributed by atoms with van der Waals surface area (Å²) in [6.07, 6.45) is 3.53. The number of benzene rings is 2. The lowest BCUT2D eigenvalue weighted by atomic mass is 10.1. The van der Waals surface area contributed by atoms with E-state index in [-0.39, 0.29) is 6.10 Å². The first-order chi connectivity index (χ1) is 8.81. The van der Waals surface area contributed by atoms with Gasteiger partial charge >= 0.3 is 0 Å². The zero-order valence-electron chi connectivity index (χ0n) is 11.1. The van der Waals surface area contributed by atoms with Crippen LogP contribution < -0.4 is 0 Å². The lowest BCUT2D eigenvalue weighted by Gasteiger charge is -2.13. The van der Waals surface area contributed by atoms with Crippen molar-refractivity contribution in [3.63, 3.8) is 0 Å². The monoisotopic (exact) mass is 241 g/mol. The summed E-state index contributed by atoms with van der Waals surface area (Å²) in [4.78, 5) is 0. The molecule has 2 aromatic carbocycles. The first kappa shape index (κ1) is 13.1. The van der Waals surface area contributed by atoms with Crippen molar-refractivity contribution < 1.29 is 4.74 Å². The molecule has 0 bridgehead atoms. The lowest BCUT2D eigenvalue weighted by molar-refractivity contribution is 0.0639. The molecule has 0 aliphatic rings. The number of fused-ring (bicyclic) bond motifs is 1. The summed E-state index contributed by atoms with van der Waals surface area (Å²) in [6.45, 7) is 6.89. The van der Waals surface area contributed by atoms with Crippen molar-refractivity contribution in [2.45, 2.75) is 38.9 Å².